The van der Waals surface area contributed by atoms with Crippen LogP contribution in [0.4, 0.5) is 0 Å². The quantitative estimate of drug-likeness (QED) is 0.420. The van der Waals surface area contributed by atoms with Crippen molar-refractivity contribution in [1.82, 2.24) is 0 Å². The van der Waals surface area contributed by atoms with Crippen molar-refractivity contribution < 1.29 is 0 Å². The third-order valence-electron chi connectivity index (χ3n) is 3.19. The summed E-state index contributed by atoms with van der Waals surface area (Å²) in [7, 11) is 0. The lowest BCUT2D eigenvalue weighted by Crippen LogP contribution is -1.89. The molecule has 0 N–H and O–H groups in total. The second kappa shape index (κ2) is 8.76. The molecule has 0 aliphatic rings. The van der Waals surface area contributed by atoms with Gasteiger partial charge in [-0.25, -0.2) is 0 Å². The van der Waals surface area contributed by atoms with Crippen molar-refractivity contribution in [3.05, 3.63) is 71.3 Å². The number of nitrogens with zero attached hydrogens (tertiary/aromatic N) is 1. The van der Waals surface area contributed by atoms with Crippen LogP contribution in [0.3, 0.4) is 0 Å². The molecule has 0 aromatic heterocycles. The second-order valence-electron chi connectivity index (χ2n) is 4.95. The summed E-state index contributed by atoms with van der Waals surface area (Å²) >= 11 is 0. The zero-order valence-electron chi connectivity index (χ0n) is 12.5. The van der Waals surface area contributed by atoms with Crippen molar-refractivity contribution >= 4 is 6.21 Å². The zero-order valence-corrected chi connectivity index (χ0v) is 12.5. The molecule has 106 valence electrons. The number of rotatable bonds is 5. The van der Waals surface area contributed by atoms with Gasteiger partial charge in [-0.3, -0.25) is 4.99 Å². The number of hydrogen-bond donors (Lipinski definition) is 0. The van der Waals surface area contributed by atoms with Crippen molar-refractivity contribution in [1.29, 1.82) is 0 Å². The number of unbranched alkanes of at least 4 members (excludes halogenated alkanes) is 2. The highest BCUT2D eigenvalue weighted by Crippen LogP contribution is 2.06. The minimum absolute atomic E-state index is 0.707. The average Bonchev–Trinajstić information content (AvgIpc) is 2.54. The maximum absolute atomic E-state index is 4.52. The Morgan fingerprint density at radius 2 is 1.76 bits per heavy atom. The molecule has 0 saturated carbocycles. The molecule has 2 rings (SSSR count). The minimum atomic E-state index is 0.707. The van der Waals surface area contributed by atoms with Gasteiger partial charge in [-0.1, -0.05) is 73.7 Å². The van der Waals surface area contributed by atoms with E-state index in [2.05, 4.69) is 48.0 Å². The molecule has 2 aromatic carbocycles. The van der Waals surface area contributed by atoms with Crippen molar-refractivity contribution in [3.8, 4) is 11.8 Å². The van der Waals surface area contributed by atoms with Crippen LogP contribution in [0.5, 0.6) is 0 Å². The minimum Gasteiger partial charge on any atom is -0.288 e. The van der Waals surface area contributed by atoms with Gasteiger partial charge >= 0.3 is 0 Å². The first-order valence-electron chi connectivity index (χ1n) is 7.52. The van der Waals surface area contributed by atoms with Gasteiger partial charge in [0.15, 0.2) is 0 Å². The van der Waals surface area contributed by atoms with Gasteiger partial charge in [-0.15, -0.1) is 0 Å². The van der Waals surface area contributed by atoms with E-state index in [1.807, 2.05) is 36.5 Å². The Balaban J connectivity index is 2.03. The Morgan fingerprint density at radius 1 is 1.00 bits per heavy atom. The monoisotopic (exact) mass is 275 g/mol. The molecule has 0 aliphatic heterocycles. The lowest BCUT2D eigenvalue weighted by atomic mass is 10.1. The smallest absolute Gasteiger partial charge is 0.0639 e. The van der Waals surface area contributed by atoms with Gasteiger partial charge in [0.1, 0.15) is 0 Å². The van der Waals surface area contributed by atoms with Crippen LogP contribution in [-0.2, 0) is 6.54 Å². The Bertz CT molecular complexity index is 630. The van der Waals surface area contributed by atoms with Gasteiger partial charge in [-0.2, -0.15) is 0 Å². The van der Waals surface area contributed by atoms with Crippen LogP contribution in [0.15, 0.2) is 59.6 Å². The average molecular weight is 275 g/mol. The van der Waals surface area contributed by atoms with E-state index in [0.29, 0.717) is 6.54 Å². The fourth-order valence-electron chi connectivity index (χ4n) is 1.98. The van der Waals surface area contributed by atoms with E-state index in [1.165, 1.54) is 12.0 Å². The van der Waals surface area contributed by atoms with E-state index in [4.69, 9.17) is 0 Å². The van der Waals surface area contributed by atoms with E-state index < -0.39 is 0 Å². The largest absolute Gasteiger partial charge is 0.288 e. The third-order valence-corrected chi connectivity index (χ3v) is 3.19. The Kier molecular flexibility index (Phi) is 6.29. The molecule has 0 amide bonds. The summed E-state index contributed by atoms with van der Waals surface area (Å²) in [6.45, 7) is 2.89. The third kappa shape index (κ3) is 5.28. The highest BCUT2D eigenvalue weighted by molar-refractivity contribution is 5.83. The maximum atomic E-state index is 4.52. The van der Waals surface area contributed by atoms with Crippen molar-refractivity contribution in [2.75, 3.05) is 0 Å². The molecule has 2 aromatic rings. The molecule has 0 aliphatic carbocycles. The Morgan fingerprint density at radius 3 is 2.57 bits per heavy atom. The SMILES string of the molecule is CCCCC#Cc1ccccc1C=NCc1ccccc1. The first-order chi connectivity index (χ1) is 10.4. The maximum Gasteiger partial charge on any atom is 0.0639 e. The van der Waals surface area contributed by atoms with Crippen molar-refractivity contribution in [2.45, 2.75) is 32.7 Å². The first-order valence-corrected chi connectivity index (χ1v) is 7.52. The molecular formula is C20H21N. The van der Waals surface area contributed by atoms with Crippen LogP contribution in [0.2, 0.25) is 0 Å². The number of aliphatic imine (C=N–C) groups is 1. The molecule has 0 bridgehead atoms. The fraction of sp³-hybridized carbons (Fsp3) is 0.250. The van der Waals surface area contributed by atoms with E-state index in [9.17, 15) is 0 Å². The molecule has 21 heavy (non-hydrogen) atoms. The van der Waals surface area contributed by atoms with Gasteiger partial charge in [0.25, 0.3) is 0 Å². The molecule has 1 heteroatoms. The molecular weight excluding hydrogens is 254 g/mol. The molecule has 1 nitrogen and oxygen atoms in total. The van der Waals surface area contributed by atoms with E-state index in [0.717, 1.165) is 24.0 Å². The predicted octanol–water partition coefficient (Wildman–Crippen LogP) is 4.85. The fourth-order valence-corrected chi connectivity index (χ4v) is 1.98. The first kappa shape index (κ1) is 15.1. The molecule has 0 heterocycles. The summed E-state index contributed by atoms with van der Waals surface area (Å²) in [5.74, 6) is 6.49. The predicted molar refractivity (Wildman–Crippen MR) is 90.6 cm³/mol. The summed E-state index contributed by atoms with van der Waals surface area (Å²) in [5, 5.41) is 0. The van der Waals surface area contributed by atoms with Gasteiger partial charge < -0.3 is 0 Å². The second-order valence-corrected chi connectivity index (χ2v) is 4.95. The topological polar surface area (TPSA) is 12.4 Å². The van der Waals surface area contributed by atoms with Gasteiger partial charge in [0.05, 0.1) is 6.54 Å². The molecule has 0 atom stereocenters. The normalized spacial score (nSPS) is 10.3. The van der Waals surface area contributed by atoms with Crippen molar-refractivity contribution in [3.63, 3.8) is 0 Å². The van der Waals surface area contributed by atoms with Crippen LogP contribution >= 0.6 is 0 Å². The summed E-state index contributed by atoms with van der Waals surface area (Å²) in [4.78, 5) is 4.52. The number of benzene rings is 2. The van der Waals surface area contributed by atoms with Crippen LogP contribution < -0.4 is 0 Å². The van der Waals surface area contributed by atoms with Gasteiger partial charge in [0.2, 0.25) is 0 Å². The number of hydrogen-bond acceptors (Lipinski definition) is 1. The summed E-state index contributed by atoms with van der Waals surface area (Å²) in [6.07, 6.45) is 5.24. The zero-order chi connectivity index (χ0) is 14.8. The molecule has 0 spiro atoms. The van der Waals surface area contributed by atoms with Gasteiger partial charge in [0, 0.05) is 23.8 Å². The Labute approximate surface area is 127 Å². The standard InChI is InChI=1S/C20H21N/c1-2-3-4-8-13-19-14-9-10-15-20(19)17-21-16-18-11-6-5-7-12-18/h5-7,9-12,14-15,17H,2-4,16H2,1H3. The molecule has 0 radical (unpaired) electrons. The summed E-state index contributed by atoms with van der Waals surface area (Å²) in [6, 6.07) is 18.5. The van der Waals surface area contributed by atoms with Crippen LogP contribution in [0, 0.1) is 11.8 Å². The van der Waals surface area contributed by atoms with E-state index >= 15 is 0 Å². The molecule has 0 saturated heterocycles. The highest BCUT2D eigenvalue weighted by Gasteiger charge is 1.95. The lowest BCUT2D eigenvalue weighted by molar-refractivity contribution is 0.828. The Hall–Kier alpha value is -2.33. The van der Waals surface area contributed by atoms with Crippen LogP contribution in [0.1, 0.15) is 42.9 Å². The molecule has 0 unspecified atom stereocenters. The van der Waals surface area contributed by atoms with Crippen LogP contribution in [0.25, 0.3) is 0 Å². The summed E-state index contributed by atoms with van der Waals surface area (Å²) < 4.78 is 0. The van der Waals surface area contributed by atoms with Crippen LogP contribution in [-0.4, -0.2) is 6.21 Å². The highest BCUT2D eigenvalue weighted by atomic mass is 14.7. The van der Waals surface area contributed by atoms with E-state index in [-0.39, 0.29) is 0 Å². The van der Waals surface area contributed by atoms with Crippen molar-refractivity contribution in [2.24, 2.45) is 4.99 Å². The molecule has 0 fully saturated rings. The lowest BCUT2D eigenvalue weighted by Gasteiger charge is -1.98. The van der Waals surface area contributed by atoms with Gasteiger partial charge in [-0.05, 0) is 18.1 Å². The van der Waals surface area contributed by atoms with E-state index in [1.54, 1.807) is 0 Å². The summed E-state index contributed by atoms with van der Waals surface area (Å²) in [5.41, 5.74) is 3.38.